The number of benzene rings is 2. The number of Topliss-reactive ketones (excluding diaryl/α,β-unsaturated/α-hetero) is 2. The van der Waals surface area contributed by atoms with Crippen LogP contribution in [0.5, 0.6) is 5.75 Å². The molecule has 3 heterocycles. The zero-order valence-electron chi connectivity index (χ0n) is 20.4. The van der Waals surface area contributed by atoms with Crippen molar-refractivity contribution in [3.63, 3.8) is 0 Å². The van der Waals surface area contributed by atoms with Crippen LogP contribution in [0.3, 0.4) is 0 Å². The fourth-order valence-electron chi connectivity index (χ4n) is 3.94. The van der Waals surface area contributed by atoms with Crippen molar-refractivity contribution < 1.29 is 14.3 Å². The molecule has 186 valence electrons. The largest absolute Gasteiger partial charge is 0.490 e. The molecule has 8 heteroatoms. The Morgan fingerprint density at radius 3 is 2.64 bits per heavy atom. The van der Waals surface area contributed by atoms with Crippen LogP contribution in [-0.2, 0) is 17.2 Å². The summed E-state index contributed by atoms with van der Waals surface area (Å²) in [5.41, 5.74) is 3.92. The summed E-state index contributed by atoms with van der Waals surface area (Å²) in [7, 11) is 0. The van der Waals surface area contributed by atoms with Crippen molar-refractivity contribution in [2.24, 2.45) is 0 Å². The van der Waals surface area contributed by atoms with Gasteiger partial charge in [-0.05, 0) is 44.2 Å². The molecule has 0 aliphatic carbocycles. The molecule has 4 aromatic rings. The van der Waals surface area contributed by atoms with Gasteiger partial charge in [0, 0.05) is 47.4 Å². The third-order valence-electron chi connectivity index (χ3n) is 5.67. The molecule has 5 rings (SSSR count). The molecule has 0 amide bonds. The van der Waals surface area contributed by atoms with Crippen LogP contribution in [0.4, 0.5) is 0 Å². The number of aromatic nitrogens is 3. The van der Waals surface area contributed by atoms with E-state index in [2.05, 4.69) is 16.4 Å². The van der Waals surface area contributed by atoms with Crippen LogP contribution in [0.15, 0.2) is 67.3 Å². The van der Waals surface area contributed by atoms with E-state index in [-0.39, 0.29) is 24.3 Å². The number of pyridine rings is 1. The number of alkyl halides is 1. The van der Waals surface area contributed by atoms with Crippen LogP contribution in [0.25, 0.3) is 22.0 Å². The minimum Gasteiger partial charge on any atom is -0.490 e. The lowest BCUT2D eigenvalue weighted by atomic mass is 9.97. The number of ketones is 2. The van der Waals surface area contributed by atoms with E-state index >= 15 is 0 Å². The van der Waals surface area contributed by atoms with Crippen LogP contribution < -0.4 is 10.1 Å². The van der Waals surface area contributed by atoms with Gasteiger partial charge in [0.15, 0.2) is 5.78 Å². The van der Waals surface area contributed by atoms with Gasteiger partial charge in [0.1, 0.15) is 11.5 Å². The van der Waals surface area contributed by atoms with E-state index < -0.39 is 0 Å². The number of hydrogen-bond donors (Lipinski definition) is 1. The predicted molar refractivity (Wildman–Crippen MR) is 142 cm³/mol. The molecule has 0 bridgehead atoms. The molecular weight excluding hydrogens is 476 g/mol. The zero-order valence-corrected chi connectivity index (χ0v) is 21.2. The molecule has 0 saturated carbocycles. The van der Waals surface area contributed by atoms with Crippen molar-refractivity contribution in [2.45, 2.75) is 38.8 Å². The first-order chi connectivity index (χ1) is 17.4. The van der Waals surface area contributed by atoms with Crippen molar-refractivity contribution in [2.75, 3.05) is 13.1 Å². The third-order valence-corrected chi connectivity index (χ3v) is 5.93. The van der Waals surface area contributed by atoms with Crippen molar-refractivity contribution in [1.29, 1.82) is 0 Å². The number of nitrogens with zero attached hydrogens (tertiary/aromatic N) is 3. The topological polar surface area (TPSA) is 86.1 Å². The summed E-state index contributed by atoms with van der Waals surface area (Å²) in [5.74, 6) is 1.29. The Bertz CT molecular complexity index is 1340. The van der Waals surface area contributed by atoms with E-state index in [9.17, 15) is 9.59 Å². The van der Waals surface area contributed by atoms with Gasteiger partial charge >= 0.3 is 0 Å². The Hall–Kier alpha value is -3.55. The Balaban J connectivity index is 0.000000445. The molecule has 1 fully saturated rings. The van der Waals surface area contributed by atoms with Gasteiger partial charge in [-0.2, -0.15) is 0 Å². The summed E-state index contributed by atoms with van der Waals surface area (Å²) in [6.45, 7) is 5.66. The van der Waals surface area contributed by atoms with Gasteiger partial charge < -0.3 is 14.6 Å². The molecule has 2 aromatic carbocycles. The maximum absolute atomic E-state index is 12.9. The smallest absolute Gasteiger partial charge is 0.182 e. The molecule has 0 radical (unpaired) electrons. The van der Waals surface area contributed by atoms with Crippen molar-refractivity contribution in [3.8, 4) is 16.9 Å². The first kappa shape index (κ1) is 25.5. The lowest BCUT2D eigenvalue weighted by Crippen LogP contribution is -2.11. The Kier molecular flexibility index (Phi) is 8.46. The lowest BCUT2D eigenvalue weighted by molar-refractivity contribution is -0.116. The predicted octanol–water partition coefficient (Wildman–Crippen LogP) is 5.06. The minimum absolute atomic E-state index is 0.00785. The summed E-state index contributed by atoms with van der Waals surface area (Å²) in [4.78, 5) is 31.8. The van der Waals surface area contributed by atoms with E-state index in [1.54, 1.807) is 29.4 Å². The SMILES string of the molecule is CC(C)Oc1ccc(C(=O)Cn2ccnc2)cc1-c1cc2ccccc2nc1CCl.O=C1CCNC1. The summed E-state index contributed by atoms with van der Waals surface area (Å²) >= 11 is 6.26. The average Bonchev–Trinajstić information content (AvgIpc) is 3.57. The fourth-order valence-corrected chi connectivity index (χ4v) is 4.15. The standard InChI is InChI=1S/C24H22ClN3O2.C4H7NO/c1-16(2)30-24-8-7-18(23(29)14-28-10-9-26-15-28)12-20(24)19-11-17-5-3-4-6-21(17)27-22(19)13-25;6-4-1-2-5-3-4/h3-12,15-16H,13-14H2,1-2H3;5H,1-3H2. The molecule has 0 spiro atoms. The van der Waals surface area contributed by atoms with Gasteiger partial charge in [0.05, 0.1) is 42.6 Å². The van der Waals surface area contributed by atoms with E-state index in [1.165, 1.54) is 0 Å². The molecule has 0 unspecified atom stereocenters. The number of ether oxygens (including phenoxy) is 1. The van der Waals surface area contributed by atoms with Crippen molar-refractivity contribution >= 4 is 34.1 Å². The molecule has 1 N–H and O–H groups in total. The Morgan fingerprint density at radius 2 is 2.00 bits per heavy atom. The highest BCUT2D eigenvalue weighted by Crippen LogP contribution is 2.36. The molecule has 7 nitrogen and oxygen atoms in total. The van der Waals surface area contributed by atoms with Crippen molar-refractivity contribution in [1.82, 2.24) is 19.9 Å². The highest BCUT2D eigenvalue weighted by Gasteiger charge is 2.17. The highest BCUT2D eigenvalue weighted by molar-refractivity contribution is 6.17. The highest BCUT2D eigenvalue weighted by atomic mass is 35.5. The molecule has 1 aliphatic heterocycles. The first-order valence-electron chi connectivity index (χ1n) is 11.9. The lowest BCUT2D eigenvalue weighted by Gasteiger charge is -2.17. The second kappa shape index (κ2) is 11.9. The van der Waals surface area contributed by atoms with Gasteiger partial charge in [-0.3, -0.25) is 14.6 Å². The van der Waals surface area contributed by atoms with Crippen LogP contribution in [-0.4, -0.2) is 45.3 Å². The summed E-state index contributed by atoms with van der Waals surface area (Å²) < 4.78 is 7.81. The normalized spacial score (nSPS) is 13.1. The Morgan fingerprint density at radius 1 is 1.17 bits per heavy atom. The molecule has 0 atom stereocenters. The molecule has 36 heavy (non-hydrogen) atoms. The number of halogens is 1. The van der Waals surface area contributed by atoms with Gasteiger partial charge in [0.25, 0.3) is 0 Å². The van der Waals surface area contributed by atoms with E-state index in [1.807, 2.05) is 50.2 Å². The number of para-hydroxylation sites is 1. The molecular formula is C28H29ClN4O3. The number of carbonyl (C=O) groups excluding carboxylic acids is 2. The number of carbonyl (C=O) groups is 2. The second-order valence-corrected chi connectivity index (χ2v) is 9.08. The molecule has 1 saturated heterocycles. The van der Waals surface area contributed by atoms with Crippen LogP contribution >= 0.6 is 11.6 Å². The summed E-state index contributed by atoms with van der Waals surface area (Å²) in [6, 6.07) is 15.5. The van der Waals surface area contributed by atoms with Gasteiger partial charge in [0.2, 0.25) is 0 Å². The van der Waals surface area contributed by atoms with Gasteiger partial charge in [-0.15, -0.1) is 11.6 Å². The number of imidazole rings is 1. The maximum Gasteiger partial charge on any atom is 0.182 e. The number of nitrogens with one attached hydrogen (secondary N) is 1. The first-order valence-corrected chi connectivity index (χ1v) is 12.4. The number of rotatable bonds is 7. The average molecular weight is 505 g/mol. The Labute approximate surface area is 215 Å². The van der Waals surface area contributed by atoms with E-state index in [0.29, 0.717) is 23.6 Å². The molecule has 2 aromatic heterocycles. The number of hydrogen-bond acceptors (Lipinski definition) is 6. The summed E-state index contributed by atoms with van der Waals surface area (Å²) in [6.07, 6.45) is 5.79. The quantitative estimate of drug-likeness (QED) is 0.280. The third kappa shape index (κ3) is 6.36. The molecule has 1 aliphatic rings. The summed E-state index contributed by atoms with van der Waals surface area (Å²) in [5, 5.41) is 3.93. The van der Waals surface area contributed by atoms with Crippen molar-refractivity contribution in [3.05, 3.63) is 78.5 Å². The van der Waals surface area contributed by atoms with Crippen LogP contribution in [0, 0.1) is 0 Å². The monoisotopic (exact) mass is 504 g/mol. The maximum atomic E-state index is 12.9. The van der Waals surface area contributed by atoms with E-state index in [4.69, 9.17) is 21.3 Å². The van der Waals surface area contributed by atoms with E-state index in [0.717, 1.165) is 40.7 Å². The minimum atomic E-state index is -0.0101. The van der Waals surface area contributed by atoms with Crippen LogP contribution in [0.1, 0.15) is 36.3 Å². The fraction of sp³-hybridized carbons (Fsp3) is 0.286. The van der Waals surface area contributed by atoms with Crippen LogP contribution in [0.2, 0.25) is 0 Å². The number of fused-ring (bicyclic) bond motifs is 1. The second-order valence-electron chi connectivity index (χ2n) is 8.81. The van der Waals surface area contributed by atoms with Gasteiger partial charge in [-0.25, -0.2) is 4.98 Å². The zero-order chi connectivity index (χ0) is 25.5. The van der Waals surface area contributed by atoms with Gasteiger partial charge in [-0.1, -0.05) is 18.2 Å².